The summed E-state index contributed by atoms with van der Waals surface area (Å²) >= 11 is 0. The maximum Gasteiger partial charge on any atom is 0.257 e. The molecule has 2 N–H and O–H groups in total. The third kappa shape index (κ3) is 5.34. The lowest BCUT2D eigenvalue weighted by molar-refractivity contribution is 0.000758. The highest BCUT2D eigenvalue weighted by Crippen LogP contribution is 1.87. The molecule has 0 bridgehead atoms. The number of hydrogen-bond donors (Lipinski definition) is 1. The number of hydrogen-bond acceptors (Lipinski definition) is 1. The second kappa shape index (κ2) is 6.34. The van der Waals surface area contributed by atoms with Crippen molar-refractivity contribution in [1.29, 1.82) is 0 Å². The summed E-state index contributed by atoms with van der Waals surface area (Å²) in [5.74, 6) is 0. The van der Waals surface area contributed by atoms with E-state index in [1.165, 1.54) is 6.21 Å². The summed E-state index contributed by atoms with van der Waals surface area (Å²) < 4.78 is 0. The normalized spacial score (nSPS) is 8.12. The zero-order chi connectivity index (χ0) is 6.24. The van der Waals surface area contributed by atoms with Crippen LogP contribution in [0.1, 0.15) is 19.3 Å². The van der Waals surface area contributed by atoms with Gasteiger partial charge in [-0.25, -0.2) is 0 Å². The van der Waals surface area contributed by atoms with Crippen LogP contribution < -0.4 is 5.73 Å². The van der Waals surface area contributed by atoms with Gasteiger partial charge in [0, 0.05) is 6.42 Å². The molecular weight excluding hydrogens is 102 g/mol. The van der Waals surface area contributed by atoms with Gasteiger partial charge in [-0.3, -0.25) is 0 Å². The maximum absolute atomic E-state index is 7.90. The Morgan fingerprint density at radius 3 is 2.75 bits per heavy atom. The van der Waals surface area contributed by atoms with E-state index in [9.17, 15) is 0 Å². The van der Waals surface area contributed by atoms with E-state index >= 15 is 0 Å². The Morgan fingerprint density at radius 2 is 2.25 bits per heavy atom. The molecule has 0 aromatic carbocycles. The highest BCUT2D eigenvalue weighted by molar-refractivity contribution is 5.49. The molecule has 0 heterocycles. The van der Waals surface area contributed by atoms with E-state index in [1.807, 2.05) is 0 Å². The van der Waals surface area contributed by atoms with Crippen LogP contribution in [0.15, 0.2) is 0 Å². The van der Waals surface area contributed by atoms with Gasteiger partial charge in [-0.05, 0) is 19.4 Å². The van der Waals surface area contributed by atoms with E-state index in [0.29, 0.717) is 0 Å². The summed E-state index contributed by atoms with van der Waals surface area (Å²) in [6, 6.07) is 0. The maximum atomic E-state index is 7.90. The molecule has 0 atom stereocenters. The minimum atomic E-state index is 0.721. The first-order valence-corrected chi connectivity index (χ1v) is 2.77. The number of rotatable bonds is 4. The summed E-state index contributed by atoms with van der Waals surface area (Å²) in [4.78, 5) is 2.84. The van der Waals surface area contributed by atoms with Gasteiger partial charge in [0.15, 0.2) is 0 Å². The minimum absolute atomic E-state index is 0.721. The molecule has 3 heteroatoms. The fraction of sp³-hybridized carbons (Fsp3) is 0.800. The molecule has 8 heavy (non-hydrogen) atoms. The van der Waals surface area contributed by atoms with Gasteiger partial charge in [-0.15, -0.1) is 0 Å². The predicted octanol–water partition coefficient (Wildman–Crippen LogP) is 0.416. The third-order valence-electron chi connectivity index (χ3n) is 0.869. The van der Waals surface area contributed by atoms with Gasteiger partial charge in [-0.2, -0.15) is 4.79 Å². The highest BCUT2D eigenvalue weighted by Gasteiger charge is 1.83. The average Bonchev–Trinajstić information content (AvgIpc) is 1.81. The van der Waals surface area contributed by atoms with Crippen molar-refractivity contribution in [3.05, 3.63) is 5.53 Å². The van der Waals surface area contributed by atoms with Crippen molar-refractivity contribution in [2.24, 2.45) is 5.73 Å². The monoisotopic (exact) mass is 113 g/mol. The quantitative estimate of drug-likeness (QED) is 0.244. The van der Waals surface area contributed by atoms with Gasteiger partial charge in [0.25, 0.3) is 6.21 Å². The number of nitrogens with zero attached hydrogens (tertiary/aromatic N) is 2. The van der Waals surface area contributed by atoms with Crippen molar-refractivity contribution in [3.8, 4) is 0 Å². The molecule has 0 amide bonds. The summed E-state index contributed by atoms with van der Waals surface area (Å²) in [5, 5.41) is 0. The van der Waals surface area contributed by atoms with E-state index in [1.54, 1.807) is 0 Å². The molecule has 46 valence electrons. The first-order chi connectivity index (χ1) is 3.91. The Hall–Kier alpha value is -0.660. The lowest BCUT2D eigenvalue weighted by Crippen LogP contribution is -1.97. The zero-order valence-corrected chi connectivity index (χ0v) is 4.88. The molecule has 0 saturated heterocycles. The van der Waals surface area contributed by atoms with Gasteiger partial charge in [0.1, 0.15) is 0 Å². The molecule has 0 saturated carbocycles. The van der Waals surface area contributed by atoms with Gasteiger partial charge in [0.05, 0.1) is 0 Å². The minimum Gasteiger partial charge on any atom is -0.362 e. The average molecular weight is 113 g/mol. The fourth-order valence-corrected chi connectivity index (χ4v) is 0.438. The van der Waals surface area contributed by atoms with Crippen LogP contribution >= 0.6 is 0 Å². The van der Waals surface area contributed by atoms with Gasteiger partial charge < -0.3 is 11.3 Å². The van der Waals surface area contributed by atoms with Crippen LogP contribution in [0.5, 0.6) is 0 Å². The SMILES string of the molecule is [N-]=[N+]=CCCCCN. The summed E-state index contributed by atoms with van der Waals surface area (Å²) in [7, 11) is 0. The smallest absolute Gasteiger partial charge is 0.257 e. The Bertz CT molecular complexity index is 83.7. The molecule has 0 fully saturated rings. The van der Waals surface area contributed by atoms with Gasteiger partial charge in [0.2, 0.25) is 0 Å². The van der Waals surface area contributed by atoms with Crippen molar-refractivity contribution in [1.82, 2.24) is 0 Å². The molecule has 0 aromatic rings. The van der Waals surface area contributed by atoms with Crippen molar-refractivity contribution in [2.45, 2.75) is 19.3 Å². The molecule has 0 rings (SSSR count). The highest BCUT2D eigenvalue weighted by atomic mass is 14.8. The lowest BCUT2D eigenvalue weighted by Gasteiger charge is -1.85. The summed E-state index contributed by atoms with van der Waals surface area (Å²) in [6.07, 6.45) is 4.33. The van der Waals surface area contributed by atoms with E-state index < -0.39 is 0 Å². The number of unbranched alkanes of at least 4 members (excludes halogenated alkanes) is 2. The second-order valence-electron chi connectivity index (χ2n) is 1.58. The zero-order valence-electron chi connectivity index (χ0n) is 4.88. The van der Waals surface area contributed by atoms with E-state index in [4.69, 9.17) is 11.3 Å². The van der Waals surface area contributed by atoms with E-state index in [-0.39, 0.29) is 0 Å². The Kier molecular flexibility index (Phi) is 5.82. The van der Waals surface area contributed by atoms with Crippen molar-refractivity contribution < 1.29 is 4.79 Å². The van der Waals surface area contributed by atoms with Crippen molar-refractivity contribution in [3.63, 3.8) is 0 Å². The predicted molar refractivity (Wildman–Crippen MR) is 32.6 cm³/mol. The molecule has 0 aliphatic heterocycles. The largest absolute Gasteiger partial charge is 0.362 e. The Balaban J connectivity index is 2.82. The lowest BCUT2D eigenvalue weighted by atomic mass is 10.2. The van der Waals surface area contributed by atoms with Crippen LogP contribution in [0, 0.1) is 0 Å². The second-order valence-corrected chi connectivity index (χ2v) is 1.58. The van der Waals surface area contributed by atoms with Crippen LogP contribution in [0.25, 0.3) is 5.53 Å². The Morgan fingerprint density at radius 1 is 1.50 bits per heavy atom. The molecule has 0 aromatic heterocycles. The first kappa shape index (κ1) is 7.34. The molecule has 0 aliphatic carbocycles. The van der Waals surface area contributed by atoms with Crippen LogP contribution in [0.4, 0.5) is 0 Å². The Labute approximate surface area is 49.1 Å². The number of nitrogens with two attached hydrogens (primary N) is 1. The molecule has 0 spiro atoms. The molecule has 0 unspecified atom stereocenters. The topological polar surface area (TPSA) is 62.4 Å². The van der Waals surface area contributed by atoms with E-state index in [2.05, 4.69) is 4.79 Å². The van der Waals surface area contributed by atoms with Crippen LogP contribution in [-0.4, -0.2) is 17.5 Å². The van der Waals surface area contributed by atoms with Gasteiger partial charge in [-0.1, -0.05) is 0 Å². The van der Waals surface area contributed by atoms with Crippen LogP contribution in [-0.2, 0) is 0 Å². The molecule has 3 nitrogen and oxygen atoms in total. The summed E-state index contributed by atoms with van der Waals surface area (Å²) in [5.41, 5.74) is 13.1. The first-order valence-electron chi connectivity index (χ1n) is 2.77. The van der Waals surface area contributed by atoms with Gasteiger partial charge >= 0.3 is 0 Å². The van der Waals surface area contributed by atoms with Crippen molar-refractivity contribution in [2.75, 3.05) is 6.54 Å². The molecule has 0 aliphatic rings. The summed E-state index contributed by atoms with van der Waals surface area (Å²) in [6.45, 7) is 0.721. The van der Waals surface area contributed by atoms with Crippen molar-refractivity contribution >= 4 is 6.21 Å². The van der Waals surface area contributed by atoms with Crippen LogP contribution in [0.2, 0.25) is 0 Å². The fourth-order valence-electron chi connectivity index (χ4n) is 0.438. The standard InChI is InChI=1S/C5H11N3/c6-4-2-1-3-5-8-7/h5H,1-4,6H2. The van der Waals surface area contributed by atoms with E-state index in [0.717, 1.165) is 25.8 Å². The molecule has 0 radical (unpaired) electrons. The molecular formula is C5H11N3. The van der Waals surface area contributed by atoms with Crippen LogP contribution in [0.3, 0.4) is 0 Å². The third-order valence-corrected chi connectivity index (χ3v) is 0.869.